The number of ketones is 1. The van der Waals surface area contributed by atoms with E-state index in [1.807, 2.05) is 67.6 Å². The monoisotopic (exact) mass is 388 g/mol. The Balaban J connectivity index is 1.63. The highest BCUT2D eigenvalue weighted by atomic mass is 35.5. The predicted molar refractivity (Wildman–Crippen MR) is 110 cm³/mol. The lowest BCUT2D eigenvalue weighted by Gasteiger charge is -2.27. The summed E-state index contributed by atoms with van der Waals surface area (Å²) in [7, 11) is 0. The van der Waals surface area contributed by atoms with Gasteiger partial charge in [0, 0.05) is 21.5 Å². The molecule has 1 atom stereocenters. The van der Waals surface area contributed by atoms with E-state index in [4.69, 9.17) is 20.8 Å². The minimum atomic E-state index is -0.322. The molecule has 1 aromatic heterocycles. The number of carbonyl (C=O) groups is 1. The molecule has 0 spiro atoms. The van der Waals surface area contributed by atoms with Crippen molar-refractivity contribution in [3.63, 3.8) is 0 Å². The molecule has 1 unspecified atom stereocenters. The normalized spacial score (nSPS) is 16.1. The summed E-state index contributed by atoms with van der Waals surface area (Å²) < 4.78 is 12.1. The highest BCUT2D eigenvalue weighted by Gasteiger charge is 2.31. The van der Waals surface area contributed by atoms with Gasteiger partial charge in [0.25, 0.3) is 0 Å². The van der Waals surface area contributed by atoms with Crippen LogP contribution in [0.5, 0.6) is 5.75 Å². The van der Waals surface area contributed by atoms with E-state index >= 15 is 0 Å². The van der Waals surface area contributed by atoms with E-state index in [2.05, 4.69) is 0 Å². The average molecular weight is 389 g/mol. The molecule has 4 aromatic rings. The standard InChI is InChI=1S/C24H17ClO3/c1-14-23-18(20(13-27-23)15-5-3-2-4-6-15)11-19-21(26)12-22(28-24(14)19)16-7-9-17(25)10-8-16/h2-11,13,22H,12H2,1H3. The quantitative estimate of drug-likeness (QED) is 0.380. The van der Waals surface area contributed by atoms with Crippen LogP contribution in [0.15, 0.2) is 71.3 Å². The van der Waals surface area contributed by atoms with Gasteiger partial charge in [-0.2, -0.15) is 0 Å². The minimum Gasteiger partial charge on any atom is -0.484 e. The van der Waals surface area contributed by atoms with Crippen molar-refractivity contribution in [2.45, 2.75) is 19.4 Å². The smallest absolute Gasteiger partial charge is 0.170 e. The molecular weight excluding hydrogens is 372 g/mol. The fourth-order valence-electron chi connectivity index (χ4n) is 3.84. The number of fused-ring (bicyclic) bond motifs is 2. The number of benzene rings is 3. The molecule has 3 nitrogen and oxygen atoms in total. The summed E-state index contributed by atoms with van der Waals surface area (Å²) in [6, 6.07) is 19.4. The summed E-state index contributed by atoms with van der Waals surface area (Å²) >= 11 is 5.98. The van der Waals surface area contributed by atoms with Crippen LogP contribution in [-0.2, 0) is 0 Å². The van der Waals surface area contributed by atoms with Crippen molar-refractivity contribution in [1.29, 1.82) is 0 Å². The van der Waals surface area contributed by atoms with Crippen LogP contribution in [-0.4, -0.2) is 5.78 Å². The summed E-state index contributed by atoms with van der Waals surface area (Å²) in [5.41, 5.74) is 5.20. The molecule has 0 aliphatic carbocycles. The van der Waals surface area contributed by atoms with Gasteiger partial charge < -0.3 is 9.15 Å². The van der Waals surface area contributed by atoms with Crippen LogP contribution in [0, 0.1) is 6.92 Å². The van der Waals surface area contributed by atoms with E-state index < -0.39 is 0 Å². The number of ether oxygens (including phenoxy) is 1. The lowest BCUT2D eigenvalue weighted by molar-refractivity contribution is 0.0849. The molecule has 0 radical (unpaired) electrons. The molecule has 138 valence electrons. The number of aryl methyl sites for hydroxylation is 1. The van der Waals surface area contributed by atoms with Gasteiger partial charge in [-0.25, -0.2) is 0 Å². The van der Waals surface area contributed by atoms with Crippen LogP contribution < -0.4 is 4.74 Å². The third-order valence-corrected chi connectivity index (χ3v) is 5.55. The van der Waals surface area contributed by atoms with Crippen LogP contribution in [0.2, 0.25) is 5.02 Å². The van der Waals surface area contributed by atoms with Crippen LogP contribution in [0.25, 0.3) is 22.1 Å². The van der Waals surface area contributed by atoms with Crippen molar-refractivity contribution >= 4 is 28.4 Å². The zero-order valence-corrected chi connectivity index (χ0v) is 16.0. The summed E-state index contributed by atoms with van der Waals surface area (Å²) in [6.45, 7) is 1.94. The molecule has 0 saturated carbocycles. The maximum atomic E-state index is 13.0. The number of hydrogen-bond acceptors (Lipinski definition) is 3. The average Bonchev–Trinajstić information content (AvgIpc) is 3.14. The molecule has 2 heterocycles. The summed E-state index contributed by atoms with van der Waals surface area (Å²) in [6.07, 6.45) is 1.73. The van der Waals surface area contributed by atoms with Crippen LogP contribution in [0.1, 0.15) is 34.0 Å². The van der Waals surface area contributed by atoms with Gasteiger partial charge in [-0.05, 0) is 36.2 Å². The summed E-state index contributed by atoms with van der Waals surface area (Å²) in [5, 5.41) is 1.59. The number of Topliss-reactive ketones (excluding diaryl/α,β-unsaturated/α-hetero) is 1. The fraction of sp³-hybridized carbons (Fsp3) is 0.125. The Bertz CT molecular complexity index is 1190. The van der Waals surface area contributed by atoms with Gasteiger partial charge in [0.15, 0.2) is 5.78 Å². The van der Waals surface area contributed by atoms with Gasteiger partial charge >= 0.3 is 0 Å². The first kappa shape index (κ1) is 17.1. The third kappa shape index (κ3) is 2.71. The fourth-order valence-corrected chi connectivity index (χ4v) is 3.97. The molecule has 0 N–H and O–H groups in total. The molecule has 5 rings (SSSR count). The lowest BCUT2D eigenvalue weighted by atomic mass is 9.92. The van der Waals surface area contributed by atoms with Gasteiger partial charge in [-0.1, -0.05) is 54.1 Å². The topological polar surface area (TPSA) is 39.4 Å². The zero-order chi connectivity index (χ0) is 19.3. The number of hydrogen-bond donors (Lipinski definition) is 0. The Labute approximate surface area is 167 Å². The second kappa shape index (κ2) is 6.54. The van der Waals surface area contributed by atoms with E-state index in [1.165, 1.54) is 0 Å². The SMILES string of the molecule is Cc1c2c(cc3c(-c4ccccc4)coc13)C(=O)CC(c1ccc(Cl)cc1)O2. The Morgan fingerprint density at radius 2 is 1.75 bits per heavy atom. The number of carbonyl (C=O) groups excluding carboxylic acids is 1. The Hall–Kier alpha value is -3.04. The molecule has 3 aromatic carbocycles. The molecule has 0 fully saturated rings. The van der Waals surface area contributed by atoms with E-state index in [9.17, 15) is 4.79 Å². The van der Waals surface area contributed by atoms with Crippen molar-refractivity contribution in [2.75, 3.05) is 0 Å². The van der Waals surface area contributed by atoms with Gasteiger partial charge in [0.2, 0.25) is 0 Å². The second-order valence-corrected chi connectivity index (χ2v) is 7.49. The Morgan fingerprint density at radius 1 is 1.00 bits per heavy atom. The molecular formula is C24H17ClO3. The highest BCUT2D eigenvalue weighted by molar-refractivity contribution is 6.30. The van der Waals surface area contributed by atoms with E-state index in [0.717, 1.165) is 33.2 Å². The highest BCUT2D eigenvalue weighted by Crippen LogP contribution is 2.43. The van der Waals surface area contributed by atoms with Gasteiger partial charge in [-0.3, -0.25) is 4.79 Å². The number of halogens is 1. The van der Waals surface area contributed by atoms with Crippen LogP contribution >= 0.6 is 11.6 Å². The molecule has 0 bridgehead atoms. The maximum Gasteiger partial charge on any atom is 0.170 e. The lowest BCUT2D eigenvalue weighted by Crippen LogP contribution is -2.21. The molecule has 0 saturated heterocycles. The van der Waals surface area contributed by atoms with Gasteiger partial charge in [0.1, 0.15) is 17.4 Å². The van der Waals surface area contributed by atoms with E-state index in [-0.39, 0.29) is 11.9 Å². The van der Waals surface area contributed by atoms with Crippen molar-refractivity contribution in [1.82, 2.24) is 0 Å². The number of rotatable bonds is 2. The van der Waals surface area contributed by atoms with Gasteiger partial charge in [-0.15, -0.1) is 0 Å². The maximum absolute atomic E-state index is 13.0. The van der Waals surface area contributed by atoms with E-state index in [0.29, 0.717) is 22.8 Å². The molecule has 1 aliphatic heterocycles. The Morgan fingerprint density at radius 3 is 2.50 bits per heavy atom. The first-order valence-corrected chi connectivity index (χ1v) is 9.55. The zero-order valence-electron chi connectivity index (χ0n) is 15.2. The predicted octanol–water partition coefficient (Wildman–Crippen LogP) is 6.77. The van der Waals surface area contributed by atoms with Crippen molar-refractivity contribution in [3.8, 4) is 16.9 Å². The first-order valence-electron chi connectivity index (χ1n) is 9.17. The molecule has 28 heavy (non-hydrogen) atoms. The number of furan rings is 1. The Kier molecular flexibility index (Phi) is 3.99. The summed E-state index contributed by atoms with van der Waals surface area (Å²) in [5.74, 6) is 0.684. The third-order valence-electron chi connectivity index (χ3n) is 5.30. The van der Waals surface area contributed by atoms with Gasteiger partial charge in [0.05, 0.1) is 18.2 Å². The first-order chi connectivity index (χ1) is 13.6. The van der Waals surface area contributed by atoms with E-state index in [1.54, 1.807) is 6.26 Å². The van der Waals surface area contributed by atoms with Crippen molar-refractivity contribution < 1.29 is 13.9 Å². The largest absolute Gasteiger partial charge is 0.484 e. The second-order valence-electron chi connectivity index (χ2n) is 7.06. The van der Waals surface area contributed by atoms with Crippen molar-refractivity contribution in [2.24, 2.45) is 0 Å². The summed E-state index contributed by atoms with van der Waals surface area (Å²) in [4.78, 5) is 13.0. The molecule has 1 aliphatic rings. The molecule has 0 amide bonds. The van der Waals surface area contributed by atoms with Crippen molar-refractivity contribution in [3.05, 3.63) is 88.6 Å². The minimum absolute atomic E-state index is 0.0754. The van der Waals surface area contributed by atoms with Crippen LogP contribution in [0.4, 0.5) is 0 Å². The van der Waals surface area contributed by atoms with Crippen LogP contribution in [0.3, 0.4) is 0 Å². The molecule has 4 heteroatoms.